The van der Waals surface area contributed by atoms with Gasteiger partial charge in [-0.3, -0.25) is 14.5 Å². The molecule has 3 aromatic rings. The number of hydrogen-bond acceptors (Lipinski definition) is 6. The molecule has 168 valence electrons. The summed E-state index contributed by atoms with van der Waals surface area (Å²) in [4.78, 5) is 19.4. The number of aromatic nitrogens is 4. The van der Waals surface area contributed by atoms with Crippen molar-refractivity contribution in [3.8, 4) is 11.4 Å². The summed E-state index contributed by atoms with van der Waals surface area (Å²) in [6.45, 7) is 8.29. The number of aromatic amines is 1. The van der Waals surface area contributed by atoms with Crippen LogP contribution in [0.5, 0.6) is 0 Å². The Hall–Kier alpha value is -3.04. The summed E-state index contributed by atoms with van der Waals surface area (Å²) >= 11 is 5.34. The zero-order chi connectivity index (χ0) is 22.7. The van der Waals surface area contributed by atoms with Crippen molar-refractivity contribution in [3.05, 3.63) is 58.5 Å². The van der Waals surface area contributed by atoms with Gasteiger partial charge in [-0.2, -0.15) is 5.10 Å². The third-order valence-electron chi connectivity index (χ3n) is 5.38. The first-order chi connectivity index (χ1) is 15.4. The van der Waals surface area contributed by atoms with Crippen LogP contribution in [0.15, 0.2) is 42.6 Å². The molecule has 9 heteroatoms. The first kappa shape index (κ1) is 22.2. The third-order valence-corrected chi connectivity index (χ3v) is 5.69. The Bertz CT molecular complexity index is 1130. The zero-order valence-corrected chi connectivity index (χ0v) is 19.4. The van der Waals surface area contributed by atoms with Gasteiger partial charge in [0.05, 0.1) is 12.2 Å². The quantitative estimate of drug-likeness (QED) is 0.559. The predicted molar refractivity (Wildman–Crippen MR) is 126 cm³/mol. The van der Waals surface area contributed by atoms with Crippen molar-refractivity contribution in [1.29, 1.82) is 0 Å². The molecule has 2 N–H and O–H groups in total. The molecule has 1 amide bonds. The molecule has 1 aliphatic rings. The lowest BCUT2D eigenvalue weighted by atomic mass is 10.1. The largest absolute Gasteiger partial charge is 0.372 e. The van der Waals surface area contributed by atoms with Gasteiger partial charge in [0.25, 0.3) is 0 Å². The highest BCUT2D eigenvalue weighted by molar-refractivity contribution is 7.71. The molecule has 2 aromatic heterocycles. The highest BCUT2D eigenvalue weighted by atomic mass is 32.1. The van der Waals surface area contributed by atoms with Crippen LogP contribution >= 0.6 is 12.2 Å². The highest BCUT2D eigenvalue weighted by Gasteiger charge is 2.23. The number of rotatable bonds is 6. The van der Waals surface area contributed by atoms with Gasteiger partial charge in [0.1, 0.15) is 12.4 Å². The maximum atomic E-state index is 12.6. The highest BCUT2D eigenvalue weighted by Crippen LogP contribution is 2.19. The van der Waals surface area contributed by atoms with E-state index in [9.17, 15) is 4.79 Å². The van der Waals surface area contributed by atoms with Gasteiger partial charge in [0.2, 0.25) is 5.91 Å². The molecule has 2 unspecified atom stereocenters. The van der Waals surface area contributed by atoms with Crippen LogP contribution in [0, 0.1) is 11.7 Å². The van der Waals surface area contributed by atoms with Crippen LogP contribution in [0.2, 0.25) is 0 Å². The van der Waals surface area contributed by atoms with Crippen molar-refractivity contribution >= 4 is 23.9 Å². The van der Waals surface area contributed by atoms with Crippen LogP contribution in [-0.4, -0.2) is 51.0 Å². The molecule has 0 spiro atoms. The fraction of sp³-hybridized carbons (Fsp3) is 0.391. The number of carbonyl (C=O) groups is 1. The number of morpholine rings is 1. The van der Waals surface area contributed by atoms with Gasteiger partial charge in [-0.05, 0) is 50.7 Å². The van der Waals surface area contributed by atoms with E-state index in [1.54, 1.807) is 4.57 Å². The van der Waals surface area contributed by atoms with E-state index in [4.69, 9.17) is 17.0 Å². The molecule has 8 nitrogen and oxygen atoms in total. The van der Waals surface area contributed by atoms with Crippen molar-refractivity contribution in [2.45, 2.75) is 46.1 Å². The minimum absolute atomic E-state index is 0.0909. The number of benzene rings is 1. The second-order valence-electron chi connectivity index (χ2n) is 8.27. The number of H-pyrrole nitrogens is 1. The smallest absolute Gasteiger partial charge is 0.240 e. The van der Waals surface area contributed by atoms with Crippen LogP contribution in [0.3, 0.4) is 0 Å². The molecule has 2 atom stereocenters. The molecule has 32 heavy (non-hydrogen) atoms. The molecule has 1 saturated heterocycles. The van der Waals surface area contributed by atoms with Gasteiger partial charge in [-0.15, -0.1) is 0 Å². The summed E-state index contributed by atoms with van der Waals surface area (Å²) in [5, 5.41) is 10.0. The number of aryl methyl sites for hydroxylation is 1. The van der Waals surface area contributed by atoms with E-state index in [2.05, 4.69) is 39.2 Å². The second-order valence-corrected chi connectivity index (χ2v) is 8.66. The molecule has 0 aliphatic carbocycles. The molecule has 0 bridgehead atoms. The molecule has 0 saturated carbocycles. The van der Waals surface area contributed by atoms with Crippen molar-refractivity contribution in [1.82, 2.24) is 25.1 Å². The lowest BCUT2D eigenvalue weighted by Crippen LogP contribution is -2.45. The normalized spacial score (nSPS) is 18.5. The first-order valence-corrected chi connectivity index (χ1v) is 11.1. The van der Waals surface area contributed by atoms with Crippen molar-refractivity contribution in [2.24, 2.45) is 0 Å². The summed E-state index contributed by atoms with van der Waals surface area (Å²) in [5.74, 6) is 1.43. The van der Waals surface area contributed by atoms with E-state index >= 15 is 0 Å². The molecule has 4 rings (SSSR count). The Morgan fingerprint density at radius 3 is 2.72 bits per heavy atom. The fourth-order valence-corrected chi connectivity index (χ4v) is 4.14. The number of hydrogen-bond donors (Lipinski definition) is 2. The maximum absolute atomic E-state index is 12.6. The predicted octanol–water partition coefficient (Wildman–Crippen LogP) is 3.24. The Morgan fingerprint density at radius 2 is 2.03 bits per heavy atom. The number of nitrogens with zero attached hydrogens (tertiary/aromatic N) is 4. The van der Waals surface area contributed by atoms with Gasteiger partial charge in [-0.1, -0.05) is 29.8 Å². The summed E-state index contributed by atoms with van der Waals surface area (Å²) in [6.07, 6.45) is 2.17. The Balaban J connectivity index is 1.37. The fourth-order valence-electron chi connectivity index (χ4n) is 3.94. The van der Waals surface area contributed by atoms with Gasteiger partial charge >= 0.3 is 0 Å². The van der Waals surface area contributed by atoms with E-state index < -0.39 is 0 Å². The van der Waals surface area contributed by atoms with E-state index in [0.717, 1.165) is 35.6 Å². The molecule has 3 heterocycles. The number of nitrogens with one attached hydrogen (secondary N) is 2. The van der Waals surface area contributed by atoms with Crippen molar-refractivity contribution in [2.75, 3.05) is 18.0 Å². The Labute approximate surface area is 192 Å². The first-order valence-electron chi connectivity index (χ1n) is 10.7. The molecular weight excluding hydrogens is 424 g/mol. The zero-order valence-electron chi connectivity index (χ0n) is 18.5. The van der Waals surface area contributed by atoms with Crippen LogP contribution in [0.1, 0.15) is 25.0 Å². The van der Waals surface area contributed by atoms with Gasteiger partial charge in [0.15, 0.2) is 10.6 Å². The van der Waals surface area contributed by atoms with Crippen LogP contribution < -0.4 is 10.2 Å². The molecule has 1 aromatic carbocycles. The monoisotopic (exact) mass is 452 g/mol. The lowest BCUT2D eigenvalue weighted by Gasteiger charge is -2.36. The molecular formula is C23H28N6O2S. The standard InChI is InChI=1S/C23H28N6O2S/c1-15-5-4-6-19(9-15)22-26-27-23(32)29(22)14-21(30)25-11-18-7-8-20(24-10-18)28-12-16(2)31-17(3)13-28/h4-10,16-17H,11-14H2,1-3H3,(H,25,30)(H,27,32). The number of anilines is 1. The summed E-state index contributed by atoms with van der Waals surface area (Å²) in [6, 6.07) is 11.9. The lowest BCUT2D eigenvalue weighted by molar-refractivity contribution is -0.121. The maximum Gasteiger partial charge on any atom is 0.240 e. The van der Waals surface area contributed by atoms with Crippen molar-refractivity contribution in [3.63, 3.8) is 0 Å². The number of ether oxygens (including phenoxy) is 1. The number of amides is 1. The molecule has 1 aliphatic heterocycles. The van der Waals surface area contributed by atoms with E-state index in [0.29, 0.717) is 17.1 Å². The Kier molecular flexibility index (Phi) is 6.66. The summed E-state index contributed by atoms with van der Waals surface area (Å²) in [5.41, 5.74) is 2.97. The SMILES string of the molecule is Cc1cccc(-c2n[nH]c(=S)n2CC(=O)NCc2ccc(N3CC(C)OC(C)C3)nc2)c1. The minimum atomic E-state index is -0.142. The van der Waals surface area contributed by atoms with E-state index in [1.807, 2.05) is 49.5 Å². The van der Waals surface area contributed by atoms with Gasteiger partial charge in [0, 0.05) is 31.4 Å². The van der Waals surface area contributed by atoms with Gasteiger partial charge < -0.3 is 15.0 Å². The summed E-state index contributed by atoms with van der Waals surface area (Å²) in [7, 11) is 0. The van der Waals surface area contributed by atoms with E-state index in [1.165, 1.54) is 0 Å². The third kappa shape index (κ3) is 5.23. The average molecular weight is 453 g/mol. The summed E-state index contributed by atoms with van der Waals surface area (Å²) < 4.78 is 7.91. The second kappa shape index (κ2) is 9.62. The van der Waals surface area contributed by atoms with Crippen LogP contribution in [0.25, 0.3) is 11.4 Å². The van der Waals surface area contributed by atoms with E-state index in [-0.39, 0.29) is 24.7 Å². The van der Waals surface area contributed by atoms with Crippen molar-refractivity contribution < 1.29 is 9.53 Å². The number of carbonyl (C=O) groups excluding carboxylic acids is 1. The minimum Gasteiger partial charge on any atom is -0.372 e. The van der Waals surface area contributed by atoms with Crippen LogP contribution in [0.4, 0.5) is 5.82 Å². The topological polar surface area (TPSA) is 88.1 Å². The average Bonchev–Trinajstić information content (AvgIpc) is 3.12. The van der Waals surface area contributed by atoms with Crippen LogP contribution in [-0.2, 0) is 22.6 Å². The van der Waals surface area contributed by atoms with Gasteiger partial charge in [-0.25, -0.2) is 4.98 Å². The molecule has 0 radical (unpaired) electrons. The molecule has 1 fully saturated rings. The Morgan fingerprint density at radius 1 is 1.25 bits per heavy atom. The number of pyridine rings is 1.